The van der Waals surface area contributed by atoms with Crippen LogP contribution in [-0.4, -0.2) is 28.7 Å². The number of halogens is 1. The number of ketones is 1. The largest absolute Gasteiger partial charge is 0.355 e. The van der Waals surface area contributed by atoms with Crippen LogP contribution >= 0.6 is 11.6 Å². The standard InChI is InChI=1S/C13H19ClN2O2/c1-5-15-13(18)10(4)16-8(2)6-11(9(16)3)12(17)7-14/h6,10H,5,7H2,1-4H3,(H,15,18). The fourth-order valence-corrected chi connectivity index (χ4v) is 2.31. The van der Waals surface area contributed by atoms with Gasteiger partial charge in [-0.3, -0.25) is 9.59 Å². The number of hydrogen-bond donors (Lipinski definition) is 1. The molecular weight excluding hydrogens is 252 g/mol. The average molecular weight is 271 g/mol. The summed E-state index contributed by atoms with van der Waals surface area (Å²) in [5.74, 6) is -0.205. The zero-order valence-corrected chi connectivity index (χ0v) is 12.0. The van der Waals surface area contributed by atoms with E-state index >= 15 is 0 Å². The molecule has 1 N–H and O–H groups in total. The molecule has 0 aliphatic heterocycles. The molecule has 1 aromatic rings. The molecule has 0 radical (unpaired) electrons. The van der Waals surface area contributed by atoms with E-state index in [1.807, 2.05) is 32.3 Å². The first-order valence-electron chi connectivity index (χ1n) is 5.99. The number of alkyl halides is 1. The summed E-state index contributed by atoms with van der Waals surface area (Å²) in [7, 11) is 0. The number of carbonyl (C=O) groups is 2. The average Bonchev–Trinajstić information content (AvgIpc) is 2.63. The molecule has 0 aliphatic rings. The van der Waals surface area contributed by atoms with Gasteiger partial charge in [0.1, 0.15) is 6.04 Å². The molecule has 1 rings (SSSR count). The minimum Gasteiger partial charge on any atom is -0.355 e. The van der Waals surface area contributed by atoms with Crippen molar-refractivity contribution in [1.29, 1.82) is 0 Å². The normalized spacial score (nSPS) is 12.3. The number of likely N-dealkylation sites (N-methyl/N-ethyl adjacent to an activating group) is 1. The van der Waals surface area contributed by atoms with Crippen LogP contribution in [0.5, 0.6) is 0 Å². The maximum atomic E-state index is 11.9. The van der Waals surface area contributed by atoms with Gasteiger partial charge in [-0.2, -0.15) is 0 Å². The number of nitrogens with one attached hydrogen (secondary N) is 1. The highest BCUT2D eigenvalue weighted by molar-refractivity contribution is 6.30. The van der Waals surface area contributed by atoms with E-state index in [0.717, 1.165) is 11.4 Å². The number of Topliss-reactive ketones (excluding diaryl/α,β-unsaturated/α-hetero) is 1. The summed E-state index contributed by atoms with van der Waals surface area (Å²) in [4.78, 5) is 23.5. The molecular formula is C13H19ClN2O2. The Morgan fingerprint density at radius 3 is 2.56 bits per heavy atom. The molecule has 1 atom stereocenters. The molecule has 1 aromatic heterocycles. The highest BCUT2D eigenvalue weighted by atomic mass is 35.5. The molecule has 0 fully saturated rings. The van der Waals surface area contributed by atoms with Crippen molar-refractivity contribution in [3.05, 3.63) is 23.0 Å². The van der Waals surface area contributed by atoms with Gasteiger partial charge in [0.25, 0.3) is 0 Å². The van der Waals surface area contributed by atoms with Crippen LogP contribution in [0.25, 0.3) is 0 Å². The third-order valence-electron chi connectivity index (χ3n) is 3.02. The molecule has 4 nitrogen and oxygen atoms in total. The molecule has 0 saturated heterocycles. The third-order valence-corrected chi connectivity index (χ3v) is 3.27. The Hall–Kier alpha value is -1.29. The van der Waals surface area contributed by atoms with Crippen LogP contribution in [0, 0.1) is 13.8 Å². The summed E-state index contributed by atoms with van der Waals surface area (Å²) in [5.41, 5.74) is 2.27. The van der Waals surface area contributed by atoms with Crippen molar-refractivity contribution in [1.82, 2.24) is 9.88 Å². The first-order valence-corrected chi connectivity index (χ1v) is 6.52. The second-order valence-corrected chi connectivity index (χ2v) is 4.55. The zero-order valence-electron chi connectivity index (χ0n) is 11.2. The molecule has 1 unspecified atom stereocenters. The molecule has 0 bridgehead atoms. The quantitative estimate of drug-likeness (QED) is 0.659. The molecule has 0 spiro atoms. The van der Waals surface area contributed by atoms with E-state index in [1.165, 1.54) is 0 Å². The molecule has 1 amide bonds. The Morgan fingerprint density at radius 1 is 1.44 bits per heavy atom. The SMILES string of the molecule is CCNC(=O)C(C)n1c(C)cc(C(=O)CCl)c1C. The first kappa shape index (κ1) is 14.8. The minimum absolute atomic E-state index is 0.0418. The monoisotopic (exact) mass is 270 g/mol. The number of rotatable bonds is 5. The summed E-state index contributed by atoms with van der Waals surface area (Å²) in [6.07, 6.45) is 0. The lowest BCUT2D eigenvalue weighted by Crippen LogP contribution is -2.31. The van der Waals surface area contributed by atoms with E-state index in [4.69, 9.17) is 11.6 Å². The maximum Gasteiger partial charge on any atom is 0.242 e. The van der Waals surface area contributed by atoms with Gasteiger partial charge < -0.3 is 9.88 Å². The van der Waals surface area contributed by atoms with Crippen LogP contribution < -0.4 is 5.32 Å². The Labute approximate surface area is 112 Å². The van der Waals surface area contributed by atoms with Crippen molar-refractivity contribution in [2.45, 2.75) is 33.7 Å². The summed E-state index contributed by atoms with van der Waals surface area (Å²) in [5, 5.41) is 2.78. The summed E-state index contributed by atoms with van der Waals surface area (Å²) in [6, 6.07) is 1.46. The Kier molecular flexibility index (Phi) is 4.96. The van der Waals surface area contributed by atoms with E-state index in [2.05, 4.69) is 5.32 Å². The van der Waals surface area contributed by atoms with Crippen LogP contribution in [-0.2, 0) is 4.79 Å². The molecule has 18 heavy (non-hydrogen) atoms. The molecule has 0 aliphatic carbocycles. The van der Waals surface area contributed by atoms with E-state index < -0.39 is 0 Å². The lowest BCUT2D eigenvalue weighted by Gasteiger charge is -2.17. The van der Waals surface area contributed by atoms with Crippen LogP contribution in [0.15, 0.2) is 6.07 Å². The first-order chi connectivity index (χ1) is 8.43. The second-order valence-electron chi connectivity index (χ2n) is 4.28. The van der Waals surface area contributed by atoms with Crippen molar-refractivity contribution < 1.29 is 9.59 Å². The maximum absolute atomic E-state index is 11.9. The highest BCUT2D eigenvalue weighted by Gasteiger charge is 2.21. The molecule has 0 aromatic carbocycles. The predicted octanol–water partition coefficient (Wildman–Crippen LogP) is 2.22. The van der Waals surface area contributed by atoms with Gasteiger partial charge in [0.05, 0.1) is 5.88 Å². The smallest absolute Gasteiger partial charge is 0.242 e. The van der Waals surface area contributed by atoms with E-state index in [-0.39, 0.29) is 23.6 Å². The van der Waals surface area contributed by atoms with Crippen molar-refractivity contribution >= 4 is 23.3 Å². The van der Waals surface area contributed by atoms with E-state index in [0.29, 0.717) is 12.1 Å². The Bertz CT molecular complexity index is 466. The molecule has 1 heterocycles. The number of carbonyl (C=O) groups excluding carboxylic acids is 2. The van der Waals surface area contributed by atoms with Gasteiger partial charge in [0.2, 0.25) is 5.91 Å². The van der Waals surface area contributed by atoms with E-state index in [9.17, 15) is 9.59 Å². The number of hydrogen-bond acceptors (Lipinski definition) is 2. The minimum atomic E-state index is -0.332. The third kappa shape index (κ3) is 2.75. The highest BCUT2D eigenvalue weighted by Crippen LogP contribution is 2.21. The zero-order chi connectivity index (χ0) is 13.9. The predicted molar refractivity (Wildman–Crippen MR) is 72.4 cm³/mol. The van der Waals surface area contributed by atoms with Crippen LogP contribution in [0.3, 0.4) is 0 Å². The van der Waals surface area contributed by atoms with Crippen molar-refractivity contribution in [3.63, 3.8) is 0 Å². The number of nitrogens with zero attached hydrogens (tertiary/aromatic N) is 1. The van der Waals surface area contributed by atoms with E-state index in [1.54, 1.807) is 6.07 Å². The lowest BCUT2D eigenvalue weighted by atomic mass is 10.2. The summed E-state index contributed by atoms with van der Waals surface area (Å²) >= 11 is 5.57. The van der Waals surface area contributed by atoms with Gasteiger partial charge in [-0.1, -0.05) is 0 Å². The van der Waals surface area contributed by atoms with Crippen molar-refractivity contribution in [2.75, 3.05) is 12.4 Å². The van der Waals surface area contributed by atoms with Crippen LogP contribution in [0.4, 0.5) is 0 Å². The Balaban J connectivity index is 3.14. The van der Waals surface area contributed by atoms with Gasteiger partial charge in [0, 0.05) is 23.5 Å². The number of amides is 1. The van der Waals surface area contributed by atoms with Gasteiger partial charge >= 0.3 is 0 Å². The van der Waals surface area contributed by atoms with Gasteiger partial charge in [-0.25, -0.2) is 0 Å². The van der Waals surface area contributed by atoms with Crippen LogP contribution in [0.2, 0.25) is 0 Å². The topological polar surface area (TPSA) is 51.1 Å². The number of aryl methyl sites for hydroxylation is 1. The van der Waals surface area contributed by atoms with Gasteiger partial charge in [-0.05, 0) is 33.8 Å². The number of aromatic nitrogens is 1. The van der Waals surface area contributed by atoms with Crippen molar-refractivity contribution in [2.24, 2.45) is 0 Å². The van der Waals surface area contributed by atoms with Crippen molar-refractivity contribution in [3.8, 4) is 0 Å². The lowest BCUT2D eigenvalue weighted by molar-refractivity contribution is -0.123. The molecule has 0 saturated carbocycles. The fourth-order valence-electron chi connectivity index (χ4n) is 2.17. The van der Waals surface area contributed by atoms with Gasteiger partial charge in [-0.15, -0.1) is 11.6 Å². The Morgan fingerprint density at radius 2 is 2.06 bits per heavy atom. The second kappa shape index (κ2) is 6.05. The summed E-state index contributed by atoms with van der Waals surface area (Å²) < 4.78 is 1.87. The molecule has 5 heteroatoms. The molecule has 100 valence electrons. The van der Waals surface area contributed by atoms with Crippen LogP contribution in [0.1, 0.15) is 41.6 Å². The fraction of sp³-hybridized carbons (Fsp3) is 0.538. The summed E-state index contributed by atoms with van der Waals surface area (Å²) in [6.45, 7) is 8.01. The van der Waals surface area contributed by atoms with Gasteiger partial charge in [0.15, 0.2) is 5.78 Å².